The molecule has 1 aliphatic rings. The van der Waals surface area contributed by atoms with E-state index in [1.54, 1.807) is 0 Å². The molecule has 0 aromatic heterocycles. The summed E-state index contributed by atoms with van der Waals surface area (Å²) in [7, 11) is 0. The van der Waals surface area contributed by atoms with Gasteiger partial charge >= 0.3 is 0 Å². The highest BCUT2D eigenvalue weighted by Crippen LogP contribution is 2.27. The molecule has 1 rings (SSSR count). The summed E-state index contributed by atoms with van der Waals surface area (Å²) in [6, 6.07) is 0.431. The Kier molecular flexibility index (Phi) is 9.67. The van der Waals surface area contributed by atoms with Crippen molar-refractivity contribution < 1.29 is 4.79 Å². The number of guanidine groups is 1. The lowest BCUT2D eigenvalue weighted by Crippen LogP contribution is -2.42. The first-order valence-electron chi connectivity index (χ1n) is 8.91. The van der Waals surface area contributed by atoms with Crippen molar-refractivity contribution in [3.05, 3.63) is 0 Å². The molecule has 128 valence electrons. The number of rotatable bonds is 8. The lowest BCUT2D eigenvalue weighted by molar-refractivity contribution is -0.118. The Morgan fingerprint density at radius 2 is 1.95 bits per heavy atom. The van der Waals surface area contributed by atoms with Crippen molar-refractivity contribution in [3.8, 4) is 0 Å². The van der Waals surface area contributed by atoms with Gasteiger partial charge in [0.15, 0.2) is 5.96 Å². The first-order valence-corrected chi connectivity index (χ1v) is 8.91. The van der Waals surface area contributed by atoms with E-state index in [4.69, 9.17) is 0 Å². The SMILES string of the molecule is CCNC(=NCCNC(C)=O)NC(C)CCC1CCCCC1. The first kappa shape index (κ1) is 18.8. The third-order valence-corrected chi connectivity index (χ3v) is 4.22. The normalized spacial score (nSPS) is 17.9. The second-order valence-electron chi connectivity index (χ2n) is 6.37. The molecule has 1 fully saturated rings. The van der Waals surface area contributed by atoms with Crippen molar-refractivity contribution in [2.24, 2.45) is 10.9 Å². The maximum Gasteiger partial charge on any atom is 0.216 e. The lowest BCUT2D eigenvalue weighted by Gasteiger charge is -2.24. The molecule has 22 heavy (non-hydrogen) atoms. The van der Waals surface area contributed by atoms with Gasteiger partial charge in [-0.3, -0.25) is 9.79 Å². The fourth-order valence-electron chi connectivity index (χ4n) is 2.99. The Bertz CT molecular complexity index is 338. The Labute approximate surface area is 135 Å². The minimum atomic E-state index is -0.00555. The van der Waals surface area contributed by atoms with Crippen LogP contribution in [0.2, 0.25) is 0 Å². The molecule has 1 saturated carbocycles. The van der Waals surface area contributed by atoms with Crippen LogP contribution in [0.1, 0.15) is 65.7 Å². The molecule has 0 saturated heterocycles. The molecular formula is C17H34N4O. The van der Waals surface area contributed by atoms with E-state index in [0.29, 0.717) is 19.1 Å². The second kappa shape index (κ2) is 11.3. The Morgan fingerprint density at radius 3 is 2.59 bits per heavy atom. The molecule has 3 N–H and O–H groups in total. The van der Waals surface area contributed by atoms with Crippen LogP contribution in [0.25, 0.3) is 0 Å². The molecule has 5 heteroatoms. The van der Waals surface area contributed by atoms with Gasteiger partial charge in [-0.25, -0.2) is 0 Å². The van der Waals surface area contributed by atoms with Gasteiger partial charge in [-0.1, -0.05) is 32.1 Å². The molecule has 0 spiro atoms. The summed E-state index contributed by atoms with van der Waals surface area (Å²) in [5.41, 5.74) is 0. The van der Waals surface area contributed by atoms with Gasteiger partial charge in [-0.05, 0) is 32.6 Å². The van der Waals surface area contributed by atoms with E-state index in [2.05, 4.69) is 34.8 Å². The standard InChI is InChI=1S/C17H34N4O/c1-4-18-17(20-13-12-19-15(3)22)21-14(2)10-11-16-8-6-5-7-9-16/h14,16H,4-13H2,1-3H3,(H,19,22)(H2,18,20,21). The van der Waals surface area contributed by atoms with Gasteiger partial charge in [0.25, 0.3) is 0 Å². The minimum Gasteiger partial charge on any atom is -0.357 e. The highest BCUT2D eigenvalue weighted by atomic mass is 16.1. The van der Waals surface area contributed by atoms with E-state index in [1.807, 2.05) is 0 Å². The third-order valence-electron chi connectivity index (χ3n) is 4.22. The molecule has 0 radical (unpaired) electrons. The van der Waals surface area contributed by atoms with Gasteiger partial charge in [-0.15, -0.1) is 0 Å². The molecule has 0 heterocycles. The number of carbonyl (C=O) groups excluding carboxylic acids is 1. The summed E-state index contributed by atoms with van der Waals surface area (Å²) in [6.45, 7) is 7.86. The molecule has 0 aliphatic heterocycles. The molecule has 1 unspecified atom stereocenters. The number of hydrogen-bond donors (Lipinski definition) is 3. The zero-order chi connectivity index (χ0) is 16.2. The zero-order valence-electron chi connectivity index (χ0n) is 14.6. The van der Waals surface area contributed by atoms with Crippen molar-refractivity contribution in [3.63, 3.8) is 0 Å². The molecule has 1 atom stereocenters. The fraction of sp³-hybridized carbons (Fsp3) is 0.882. The largest absolute Gasteiger partial charge is 0.357 e. The van der Waals surface area contributed by atoms with Gasteiger partial charge in [0.2, 0.25) is 5.91 Å². The number of aliphatic imine (C=N–C) groups is 1. The van der Waals surface area contributed by atoms with Gasteiger partial charge in [0, 0.05) is 26.1 Å². The number of nitrogens with zero attached hydrogens (tertiary/aromatic N) is 1. The predicted octanol–water partition coefficient (Wildman–Crippen LogP) is 2.43. The summed E-state index contributed by atoms with van der Waals surface area (Å²) < 4.78 is 0. The monoisotopic (exact) mass is 310 g/mol. The van der Waals surface area contributed by atoms with Crippen LogP contribution in [0.4, 0.5) is 0 Å². The minimum absolute atomic E-state index is 0.00555. The highest BCUT2D eigenvalue weighted by Gasteiger charge is 2.14. The molecular weight excluding hydrogens is 276 g/mol. The maximum absolute atomic E-state index is 10.8. The van der Waals surface area contributed by atoms with Crippen molar-refractivity contribution in [1.82, 2.24) is 16.0 Å². The van der Waals surface area contributed by atoms with Crippen LogP contribution < -0.4 is 16.0 Å². The smallest absolute Gasteiger partial charge is 0.216 e. The predicted molar refractivity (Wildman–Crippen MR) is 93.1 cm³/mol. The van der Waals surface area contributed by atoms with Gasteiger partial charge < -0.3 is 16.0 Å². The summed E-state index contributed by atoms with van der Waals surface area (Å²) in [5, 5.41) is 9.50. The Hall–Kier alpha value is -1.26. The van der Waals surface area contributed by atoms with Crippen LogP contribution in [0.15, 0.2) is 4.99 Å². The summed E-state index contributed by atoms with van der Waals surface area (Å²) in [4.78, 5) is 15.3. The molecule has 0 aromatic carbocycles. The first-order chi connectivity index (χ1) is 10.6. The lowest BCUT2D eigenvalue weighted by atomic mass is 9.85. The van der Waals surface area contributed by atoms with Crippen LogP contribution in [0.5, 0.6) is 0 Å². The van der Waals surface area contributed by atoms with Gasteiger partial charge in [0.1, 0.15) is 0 Å². The Balaban J connectivity index is 2.27. The van der Waals surface area contributed by atoms with Crippen LogP contribution in [-0.4, -0.2) is 37.5 Å². The number of hydrogen-bond acceptors (Lipinski definition) is 2. The molecule has 0 bridgehead atoms. The summed E-state index contributed by atoms with van der Waals surface area (Å²) in [5.74, 6) is 1.77. The average molecular weight is 310 g/mol. The van der Waals surface area contributed by atoms with Crippen molar-refractivity contribution in [1.29, 1.82) is 0 Å². The van der Waals surface area contributed by atoms with Crippen molar-refractivity contribution in [2.75, 3.05) is 19.6 Å². The van der Waals surface area contributed by atoms with E-state index in [1.165, 1.54) is 51.9 Å². The van der Waals surface area contributed by atoms with Crippen LogP contribution >= 0.6 is 0 Å². The highest BCUT2D eigenvalue weighted by molar-refractivity contribution is 5.80. The third kappa shape index (κ3) is 8.90. The van der Waals surface area contributed by atoms with E-state index in [9.17, 15) is 4.79 Å². The average Bonchev–Trinajstić information content (AvgIpc) is 2.50. The molecule has 5 nitrogen and oxygen atoms in total. The van der Waals surface area contributed by atoms with E-state index in [0.717, 1.165) is 18.4 Å². The maximum atomic E-state index is 10.8. The van der Waals surface area contributed by atoms with E-state index < -0.39 is 0 Å². The van der Waals surface area contributed by atoms with Gasteiger partial charge in [0.05, 0.1) is 6.54 Å². The fourth-order valence-corrected chi connectivity index (χ4v) is 2.99. The van der Waals surface area contributed by atoms with Crippen LogP contribution in [0.3, 0.4) is 0 Å². The quantitative estimate of drug-likeness (QED) is 0.366. The zero-order valence-corrected chi connectivity index (χ0v) is 14.6. The summed E-state index contributed by atoms with van der Waals surface area (Å²) >= 11 is 0. The molecule has 1 amide bonds. The molecule has 1 aliphatic carbocycles. The van der Waals surface area contributed by atoms with Gasteiger partial charge in [-0.2, -0.15) is 0 Å². The number of amides is 1. The van der Waals surface area contributed by atoms with E-state index >= 15 is 0 Å². The Morgan fingerprint density at radius 1 is 1.23 bits per heavy atom. The molecule has 0 aromatic rings. The van der Waals surface area contributed by atoms with Crippen LogP contribution in [0, 0.1) is 5.92 Å². The van der Waals surface area contributed by atoms with Crippen LogP contribution in [-0.2, 0) is 4.79 Å². The topological polar surface area (TPSA) is 65.5 Å². The number of carbonyl (C=O) groups is 1. The second-order valence-corrected chi connectivity index (χ2v) is 6.37. The van der Waals surface area contributed by atoms with Crippen molar-refractivity contribution in [2.45, 2.75) is 71.8 Å². The number of nitrogens with one attached hydrogen (secondary N) is 3. The van der Waals surface area contributed by atoms with E-state index in [-0.39, 0.29) is 5.91 Å². The summed E-state index contributed by atoms with van der Waals surface area (Å²) in [6.07, 6.45) is 9.60. The van der Waals surface area contributed by atoms with Crippen molar-refractivity contribution >= 4 is 11.9 Å².